The highest BCUT2D eigenvalue weighted by molar-refractivity contribution is 6.31. The molecule has 0 aliphatic carbocycles. The number of aromatic amines is 1. The molecule has 1 amide bonds. The molecule has 0 saturated heterocycles. The molecule has 1 heterocycles. The number of halogens is 4. The Hall–Kier alpha value is -3.75. The number of nitrogens with one attached hydrogen (secondary N) is 3. The van der Waals surface area contributed by atoms with Gasteiger partial charge in [-0.3, -0.25) is 15.2 Å². The van der Waals surface area contributed by atoms with Crippen LogP contribution in [0.3, 0.4) is 0 Å². The Kier molecular flexibility index (Phi) is 7.20. The number of aromatic nitrogens is 2. The van der Waals surface area contributed by atoms with Crippen LogP contribution < -0.4 is 10.6 Å². The van der Waals surface area contributed by atoms with Gasteiger partial charge in [-0.2, -0.15) is 5.10 Å². The number of guanidine groups is 1. The lowest BCUT2D eigenvalue weighted by Gasteiger charge is -2.10. The smallest absolute Gasteiger partial charge is 0.257 e. The largest absolute Gasteiger partial charge is 0.309 e. The Morgan fingerprint density at radius 2 is 1.65 bits per heavy atom. The van der Waals surface area contributed by atoms with E-state index in [9.17, 15) is 13.6 Å². The van der Waals surface area contributed by atoms with Crippen LogP contribution in [0.4, 0.5) is 14.6 Å². The van der Waals surface area contributed by atoms with Gasteiger partial charge in [-0.25, -0.2) is 13.8 Å². The quantitative estimate of drug-likeness (QED) is 0.230. The second-order valence-electron chi connectivity index (χ2n) is 7.16. The van der Waals surface area contributed by atoms with Crippen molar-refractivity contribution in [1.82, 2.24) is 15.5 Å². The van der Waals surface area contributed by atoms with E-state index in [0.29, 0.717) is 27.7 Å². The minimum Gasteiger partial charge on any atom is -0.309 e. The first kappa shape index (κ1) is 23.4. The van der Waals surface area contributed by atoms with Gasteiger partial charge in [-0.15, -0.1) is 0 Å². The third kappa shape index (κ3) is 5.98. The second kappa shape index (κ2) is 10.5. The van der Waals surface area contributed by atoms with Gasteiger partial charge in [0.2, 0.25) is 5.96 Å². The van der Waals surface area contributed by atoms with E-state index < -0.39 is 11.7 Å². The average molecular weight is 500 g/mol. The van der Waals surface area contributed by atoms with E-state index in [2.05, 4.69) is 25.8 Å². The van der Waals surface area contributed by atoms with Crippen molar-refractivity contribution in [1.29, 1.82) is 0 Å². The van der Waals surface area contributed by atoms with Crippen LogP contribution in [0.5, 0.6) is 0 Å². The van der Waals surface area contributed by atoms with Gasteiger partial charge in [0.15, 0.2) is 5.82 Å². The number of aliphatic imine (C=N–C) groups is 1. The summed E-state index contributed by atoms with van der Waals surface area (Å²) in [6.45, 7) is 0.0671. The van der Waals surface area contributed by atoms with Crippen molar-refractivity contribution in [3.05, 3.63) is 106 Å². The molecule has 0 unspecified atom stereocenters. The van der Waals surface area contributed by atoms with Gasteiger partial charge in [0.05, 0.1) is 12.2 Å². The molecule has 0 spiro atoms. The summed E-state index contributed by atoms with van der Waals surface area (Å²) < 4.78 is 26.6. The molecule has 3 N–H and O–H groups in total. The summed E-state index contributed by atoms with van der Waals surface area (Å²) in [5.74, 6) is -0.781. The van der Waals surface area contributed by atoms with E-state index >= 15 is 0 Å². The molecule has 0 radical (unpaired) electrons. The number of anilines is 1. The van der Waals surface area contributed by atoms with Gasteiger partial charge in [0.1, 0.15) is 11.6 Å². The SMILES string of the molecule is O=C(NC(=NCc1ccc(F)cc1Cl)Nc1cc(-c2ccc(F)cc2)[nH]n1)c1ccc(Cl)cc1. The Morgan fingerprint density at radius 1 is 0.941 bits per heavy atom. The number of rotatable bonds is 5. The van der Waals surface area contributed by atoms with Crippen LogP contribution in [0.1, 0.15) is 15.9 Å². The standard InChI is InChI=1S/C24H17Cl2F2N5O/c25-17-6-1-15(2-7-17)23(34)31-24(29-13-16-5-10-19(28)11-20(16)26)30-22-12-21(32-33-22)14-3-8-18(27)9-4-14/h1-12H,13H2,(H3,29,30,31,32,33,34). The lowest BCUT2D eigenvalue weighted by Crippen LogP contribution is -2.36. The number of carbonyl (C=O) groups is 1. The first-order valence-corrected chi connectivity index (χ1v) is 10.8. The molecule has 0 bridgehead atoms. The number of hydrogen-bond acceptors (Lipinski definition) is 3. The fraction of sp³-hybridized carbons (Fsp3) is 0.0417. The van der Waals surface area contributed by atoms with Gasteiger partial charge in [-0.1, -0.05) is 29.3 Å². The second-order valence-corrected chi connectivity index (χ2v) is 8.00. The van der Waals surface area contributed by atoms with Crippen LogP contribution in [0.25, 0.3) is 11.3 Å². The Balaban J connectivity index is 1.57. The number of carbonyl (C=O) groups excluding carboxylic acids is 1. The molecular weight excluding hydrogens is 483 g/mol. The normalized spacial score (nSPS) is 11.4. The molecule has 10 heteroatoms. The Morgan fingerprint density at radius 3 is 2.35 bits per heavy atom. The highest BCUT2D eigenvalue weighted by Gasteiger charge is 2.12. The number of hydrogen-bond donors (Lipinski definition) is 3. The predicted octanol–water partition coefficient (Wildman–Crippen LogP) is 6.06. The highest BCUT2D eigenvalue weighted by Crippen LogP contribution is 2.21. The number of H-pyrrole nitrogens is 1. The topological polar surface area (TPSA) is 82.2 Å². The molecule has 0 fully saturated rings. The van der Waals surface area contributed by atoms with Crippen molar-refractivity contribution in [2.24, 2.45) is 4.99 Å². The summed E-state index contributed by atoms with van der Waals surface area (Å²) in [4.78, 5) is 17.1. The molecule has 3 aromatic carbocycles. The summed E-state index contributed by atoms with van der Waals surface area (Å²) in [5.41, 5.74) is 2.29. The molecule has 1 aromatic heterocycles. The fourth-order valence-corrected chi connectivity index (χ4v) is 3.34. The number of amides is 1. The van der Waals surface area contributed by atoms with Gasteiger partial charge in [0, 0.05) is 21.7 Å². The summed E-state index contributed by atoms with van der Waals surface area (Å²) in [6.07, 6.45) is 0. The molecule has 0 atom stereocenters. The number of nitrogens with zero attached hydrogens (tertiary/aromatic N) is 2. The first-order valence-electron chi connectivity index (χ1n) is 10.0. The Labute approximate surface area is 203 Å². The van der Waals surface area contributed by atoms with Crippen molar-refractivity contribution in [2.75, 3.05) is 5.32 Å². The van der Waals surface area contributed by atoms with E-state index in [1.165, 1.54) is 30.3 Å². The fourth-order valence-electron chi connectivity index (χ4n) is 2.99. The summed E-state index contributed by atoms with van der Waals surface area (Å²) in [6, 6.07) is 17.9. The van der Waals surface area contributed by atoms with E-state index in [-0.39, 0.29) is 23.3 Å². The summed E-state index contributed by atoms with van der Waals surface area (Å²) in [5, 5.41) is 13.4. The number of benzene rings is 3. The van der Waals surface area contributed by atoms with Crippen molar-refractivity contribution >= 4 is 40.9 Å². The lowest BCUT2D eigenvalue weighted by atomic mass is 10.1. The molecule has 6 nitrogen and oxygen atoms in total. The van der Waals surface area contributed by atoms with Crippen LogP contribution in [0.15, 0.2) is 77.8 Å². The molecule has 34 heavy (non-hydrogen) atoms. The molecule has 0 saturated carbocycles. The van der Waals surface area contributed by atoms with Crippen LogP contribution in [-0.4, -0.2) is 22.1 Å². The molecule has 4 aromatic rings. The van der Waals surface area contributed by atoms with Crippen molar-refractivity contribution in [3.63, 3.8) is 0 Å². The Bertz CT molecular complexity index is 1340. The van der Waals surface area contributed by atoms with E-state index in [1.54, 1.807) is 42.5 Å². The summed E-state index contributed by atoms with van der Waals surface area (Å²) >= 11 is 12.0. The predicted molar refractivity (Wildman–Crippen MR) is 129 cm³/mol. The zero-order chi connectivity index (χ0) is 24.1. The van der Waals surface area contributed by atoms with Gasteiger partial charge >= 0.3 is 0 Å². The monoisotopic (exact) mass is 499 g/mol. The van der Waals surface area contributed by atoms with Crippen molar-refractivity contribution in [3.8, 4) is 11.3 Å². The maximum atomic E-state index is 13.4. The zero-order valence-corrected chi connectivity index (χ0v) is 19.0. The van der Waals surface area contributed by atoms with E-state index in [4.69, 9.17) is 23.2 Å². The minimum atomic E-state index is -0.461. The molecular formula is C24H17Cl2F2N5O. The zero-order valence-electron chi connectivity index (χ0n) is 17.4. The highest BCUT2D eigenvalue weighted by atomic mass is 35.5. The lowest BCUT2D eigenvalue weighted by molar-refractivity contribution is 0.0977. The van der Waals surface area contributed by atoms with E-state index in [1.807, 2.05) is 0 Å². The van der Waals surface area contributed by atoms with Crippen molar-refractivity contribution in [2.45, 2.75) is 6.54 Å². The van der Waals surface area contributed by atoms with Crippen LogP contribution in [0.2, 0.25) is 10.0 Å². The third-order valence-electron chi connectivity index (χ3n) is 4.74. The maximum Gasteiger partial charge on any atom is 0.257 e. The third-order valence-corrected chi connectivity index (χ3v) is 5.34. The minimum absolute atomic E-state index is 0.0671. The molecule has 4 rings (SSSR count). The average Bonchev–Trinajstić information content (AvgIpc) is 3.27. The molecule has 0 aliphatic heterocycles. The van der Waals surface area contributed by atoms with Crippen LogP contribution >= 0.6 is 23.2 Å². The maximum absolute atomic E-state index is 13.4. The first-order chi connectivity index (χ1) is 16.4. The summed E-state index contributed by atoms with van der Waals surface area (Å²) in [7, 11) is 0. The van der Waals surface area contributed by atoms with Gasteiger partial charge in [-0.05, 0) is 71.8 Å². The van der Waals surface area contributed by atoms with Crippen LogP contribution in [0, 0.1) is 11.6 Å². The molecule has 0 aliphatic rings. The van der Waals surface area contributed by atoms with Gasteiger partial charge in [0.25, 0.3) is 5.91 Å². The van der Waals surface area contributed by atoms with Crippen molar-refractivity contribution < 1.29 is 13.6 Å². The van der Waals surface area contributed by atoms with Gasteiger partial charge < -0.3 is 5.32 Å². The van der Waals surface area contributed by atoms with Crippen LogP contribution in [-0.2, 0) is 6.54 Å². The van der Waals surface area contributed by atoms with E-state index in [0.717, 1.165) is 5.56 Å². The molecule has 172 valence electrons.